The van der Waals surface area contributed by atoms with E-state index in [0.717, 1.165) is 16.8 Å². The van der Waals surface area contributed by atoms with E-state index in [-0.39, 0.29) is 5.91 Å². The Morgan fingerprint density at radius 3 is 1.74 bits per heavy atom. The molecule has 27 heavy (non-hydrogen) atoms. The van der Waals surface area contributed by atoms with Crippen LogP contribution in [0.25, 0.3) is 0 Å². The minimum Gasteiger partial charge on any atom is -0.457 e. The molecule has 0 fully saturated rings. The van der Waals surface area contributed by atoms with Crippen molar-refractivity contribution in [3.05, 3.63) is 89.0 Å². The van der Waals surface area contributed by atoms with Crippen molar-refractivity contribution in [3.8, 4) is 11.5 Å². The Kier molecular flexibility index (Phi) is 5.22. The van der Waals surface area contributed by atoms with Crippen LogP contribution in [0, 0.1) is 13.8 Å². The van der Waals surface area contributed by atoms with E-state index in [1.165, 1.54) is 0 Å². The van der Waals surface area contributed by atoms with E-state index in [0.29, 0.717) is 22.6 Å². The summed E-state index contributed by atoms with van der Waals surface area (Å²) in [4.78, 5) is 23.5. The highest BCUT2D eigenvalue weighted by atomic mass is 16.5. The van der Waals surface area contributed by atoms with Gasteiger partial charge in [-0.1, -0.05) is 6.07 Å². The summed E-state index contributed by atoms with van der Waals surface area (Å²) in [6.07, 6.45) is 0. The highest BCUT2D eigenvalue weighted by Crippen LogP contribution is 2.22. The van der Waals surface area contributed by atoms with Gasteiger partial charge in [-0.2, -0.15) is 0 Å². The van der Waals surface area contributed by atoms with Crippen molar-refractivity contribution in [2.45, 2.75) is 13.8 Å². The number of hydrogen-bond donors (Lipinski definition) is 2. The van der Waals surface area contributed by atoms with Gasteiger partial charge in [0.05, 0.1) is 0 Å². The number of anilines is 1. The van der Waals surface area contributed by atoms with E-state index in [9.17, 15) is 9.59 Å². The monoisotopic (exact) mass is 360 g/mol. The Morgan fingerprint density at radius 2 is 1.26 bits per heavy atom. The second-order valence-electron chi connectivity index (χ2n) is 6.35. The van der Waals surface area contributed by atoms with E-state index in [1.54, 1.807) is 48.5 Å². The molecule has 0 saturated heterocycles. The van der Waals surface area contributed by atoms with Crippen LogP contribution in [0.15, 0.2) is 66.7 Å². The van der Waals surface area contributed by atoms with Gasteiger partial charge in [0.15, 0.2) is 0 Å². The van der Waals surface area contributed by atoms with E-state index in [2.05, 4.69) is 11.4 Å². The minimum absolute atomic E-state index is 0.183. The molecule has 0 saturated carbocycles. The zero-order chi connectivity index (χ0) is 19.4. The number of nitrogens with two attached hydrogens (primary N) is 1. The summed E-state index contributed by atoms with van der Waals surface area (Å²) < 4.78 is 5.71. The van der Waals surface area contributed by atoms with Crippen LogP contribution in [-0.2, 0) is 0 Å². The van der Waals surface area contributed by atoms with Gasteiger partial charge < -0.3 is 15.8 Å². The molecular formula is C22H20N2O3. The topological polar surface area (TPSA) is 81.4 Å². The van der Waals surface area contributed by atoms with Gasteiger partial charge in [0, 0.05) is 16.8 Å². The van der Waals surface area contributed by atoms with Crippen molar-refractivity contribution in [2.24, 2.45) is 5.73 Å². The number of benzene rings is 3. The van der Waals surface area contributed by atoms with Gasteiger partial charge in [0.2, 0.25) is 5.91 Å². The highest BCUT2D eigenvalue weighted by Gasteiger charge is 2.08. The molecule has 0 aliphatic heterocycles. The van der Waals surface area contributed by atoms with Crippen LogP contribution < -0.4 is 15.8 Å². The molecule has 3 rings (SSSR count). The predicted octanol–water partition coefficient (Wildman–Crippen LogP) is 4.45. The molecule has 136 valence electrons. The zero-order valence-corrected chi connectivity index (χ0v) is 15.2. The predicted molar refractivity (Wildman–Crippen MR) is 105 cm³/mol. The Morgan fingerprint density at radius 1 is 0.778 bits per heavy atom. The highest BCUT2D eigenvalue weighted by molar-refractivity contribution is 6.04. The normalized spacial score (nSPS) is 10.3. The Labute approximate surface area is 157 Å². The fourth-order valence-electron chi connectivity index (χ4n) is 2.75. The number of nitrogens with one attached hydrogen (secondary N) is 1. The number of amides is 2. The van der Waals surface area contributed by atoms with Gasteiger partial charge >= 0.3 is 0 Å². The second kappa shape index (κ2) is 7.74. The number of carbonyl (C=O) groups excluding carboxylic acids is 2. The van der Waals surface area contributed by atoms with Gasteiger partial charge in [-0.05, 0) is 85.6 Å². The van der Waals surface area contributed by atoms with Gasteiger partial charge in [-0.3, -0.25) is 9.59 Å². The molecule has 0 aliphatic carbocycles. The summed E-state index contributed by atoms with van der Waals surface area (Å²) in [5, 5.41) is 2.90. The lowest BCUT2D eigenvalue weighted by atomic mass is 10.1. The molecule has 0 radical (unpaired) electrons. The first kappa shape index (κ1) is 18.2. The molecule has 0 bridgehead atoms. The van der Waals surface area contributed by atoms with Crippen molar-refractivity contribution >= 4 is 17.5 Å². The van der Waals surface area contributed by atoms with Crippen molar-refractivity contribution in [1.29, 1.82) is 0 Å². The van der Waals surface area contributed by atoms with Crippen molar-refractivity contribution < 1.29 is 14.3 Å². The maximum atomic E-state index is 12.4. The molecule has 2 amide bonds. The van der Waals surface area contributed by atoms with Crippen LogP contribution in [0.3, 0.4) is 0 Å². The molecule has 0 aliphatic rings. The number of primary amides is 1. The maximum absolute atomic E-state index is 12.4. The SMILES string of the molecule is Cc1cc(C)cc(NC(=O)c2ccc(Oc3ccc(C(N)=O)cc3)cc2)c1. The number of carbonyl (C=O) groups is 2. The average molecular weight is 360 g/mol. The minimum atomic E-state index is -0.485. The summed E-state index contributed by atoms with van der Waals surface area (Å²) in [7, 11) is 0. The summed E-state index contributed by atoms with van der Waals surface area (Å²) in [5.41, 5.74) is 9.12. The fraction of sp³-hybridized carbons (Fsp3) is 0.0909. The van der Waals surface area contributed by atoms with Crippen molar-refractivity contribution in [1.82, 2.24) is 0 Å². The average Bonchev–Trinajstić information content (AvgIpc) is 2.62. The lowest BCUT2D eigenvalue weighted by molar-refractivity contribution is 0.0997. The standard InChI is InChI=1S/C22H20N2O3/c1-14-11-15(2)13-18(12-14)24-22(26)17-5-9-20(10-6-17)27-19-7-3-16(4-8-19)21(23)25/h3-13H,1-2H3,(H2,23,25)(H,24,26). The summed E-state index contributed by atoms with van der Waals surface area (Å²) in [5.74, 6) is 0.496. The molecule has 0 aromatic heterocycles. The molecule has 0 spiro atoms. The van der Waals surface area contributed by atoms with Crippen LogP contribution in [-0.4, -0.2) is 11.8 Å². The smallest absolute Gasteiger partial charge is 0.255 e. The van der Waals surface area contributed by atoms with Gasteiger partial charge in [0.1, 0.15) is 11.5 Å². The lowest BCUT2D eigenvalue weighted by Crippen LogP contribution is -2.12. The van der Waals surface area contributed by atoms with Crippen LogP contribution in [0.2, 0.25) is 0 Å². The number of rotatable bonds is 5. The number of hydrogen-bond acceptors (Lipinski definition) is 3. The summed E-state index contributed by atoms with van der Waals surface area (Å²) in [6.45, 7) is 3.98. The van der Waals surface area contributed by atoms with E-state index >= 15 is 0 Å². The van der Waals surface area contributed by atoms with Crippen LogP contribution in [0.5, 0.6) is 11.5 Å². The summed E-state index contributed by atoms with van der Waals surface area (Å²) in [6, 6.07) is 19.3. The van der Waals surface area contributed by atoms with Crippen molar-refractivity contribution in [2.75, 3.05) is 5.32 Å². The van der Waals surface area contributed by atoms with Crippen molar-refractivity contribution in [3.63, 3.8) is 0 Å². The first-order valence-electron chi connectivity index (χ1n) is 8.48. The summed E-state index contributed by atoms with van der Waals surface area (Å²) >= 11 is 0. The molecule has 3 aromatic carbocycles. The first-order valence-corrected chi connectivity index (χ1v) is 8.48. The fourth-order valence-corrected chi connectivity index (χ4v) is 2.75. The molecule has 5 nitrogen and oxygen atoms in total. The van der Waals surface area contributed by atoms with Crippen LogP contribution >= 0.6 is 0 Å². The molecule has 5 heteroatoms. The largest absolute Gasteiger partial charge is 0.457 e. The van der Waals surface area contributed by atoms with Gasteiger partial charge in [-0.25, -0.2) is 0 Å². The molecule has 3 N–H and O–H groups in total. The van der Waals surface area contributed by atoms with E-state index in [1.807, 2.05) is 26.0 Å². The third-order valence-electron chi connectivity index (χ3n) is 3.97. The van der Waals surface area contributed by atoms with Crippen LogP contribution in [0.4, 0.5) is 5.69 Å². The van der Waals surface area contributed by atoms with Crippen LogP contribution in [0.1, 0.15) is 31.8 Å². The third-order valence-corrected chi connectivity index (χ3v) is 3.97. The maximum Gasteiger partial charge on any atom is 0.255 e. The molecule has 0 heterocycles. The molecule has 0 atom stereocenters. The molecule has 0 unspecified atom stereocenters. The second-order valence-corrected chi connectivity index (χ2v) is 6.35. The molecule has 3 aromatic rings. The van der Waals surface area contributed by atoms with Gasteiger partial charge in [-0.15, -0.1) is 0 Å². The quantitative estimate of drug-likeness (QED) is 0.705. The number of ether oxygens (including phenoxy) is 1. The van der Waals surface area contributed by atoms with E-state index in [4.69, 9.17) is 10.5 Å². The Hall–Kier alpha value is -3.60. The first-order chi connectivity index (χ1) is 12.9. The Bertz CT molecular complexity index is 957. The van der Waals surface area contributed by atoms with E-state index < -0.39 is 5.91 Å². The zero-order valence-electron chi connectivity index (χ0n) is 15.2. The molecular weight excluding hydrogens is 340 g/mol. The lowest BCUT2D eigenvalue weighted by Gasteiger charge is -2.09. The number of aryl methyl sites for hydroxylation is 2. The third kappa shape index (κ3) is 4.73. The van der Waals surface area contributed by atoms with Gasteiger partial charge in [0.25, 0.3) is 5.91 Å². The Balaban J connectivity index is 1.67.